The molecule has 1 unspecified atom stereocenters. The van der Waals surface area contributed by atoms with Crippen molar-refractivity contribution in [3.05, 3.63) is 46.7 Å². The van der Waals surface area contributed by atoms with Crippen molar-refractivity contribution in [1.82, 2.24) is 5.32 Å². The Labute approximate surface area is 105 Å². The van der Waals surface area contributed by atoms with Gasteiger partial charge in [-0.05, 0) is 50.1 Å². The van der Waals surface area contributed by atoms with Crippen LogP contribution >= 0.6 is 15.9 Å². The lowest BCUT2D eigenvalue weighted by Crippen LogP contribution is -2.16. The molecule has 1 aromatic rings. The number of halogens is 2. The Kier molecular flexibility index (Phi) is 5.71. The maximum absolute atomic E-state index is 13.2. The standard InChI is InChI=1S/C13H17BrFN/c1-3-4-5-6-13(16-2)10-7-11(14)9-12(15)8-10/h3,7-9,13,16H,1,4-6H2,2H3. The van der Waals surface area contributed by atoms with Gasteiger partial charge in [0.2, 0.25) is 0 Å². The molecule has 0 heterocycles. The van der Waals surface area contributed by atoms with Crippen molar-refractivity contribution in [2.45, 2.75) is 25.3 Å². The predicted molar refractivity (Wildman–Crippen MR) is 69.9 cm³/mol. The van der Waals surface area contributed by atoms with Crippen molar-refractivity contribution in [1.29, 1.82) is 0 Å². The number of hydrogen-bond acceptors (Lipinski definition) is 1. The molecule has 0 saturated heterocycles. The van der Waals surface area contributed by atoms with Crippen LogP contribution in [0.15, 0.2) is 35.3 Å². The van der Waals surface area contributed by atoms with Crippen molar-refractivity contribution in [3.63, 3.8) is 0 Å². The summed E-state index contributed by atoms with van der Waals surface area (Å²) in [6.07, 6.45) is 4.95. The van der Waals surface area contributed by atoms with Gasteiger partial charge in [-0.25, -0.2) is 4.39 Å². The average molecular weight is 286 g/mol. The molecule has 3 heteroatoms. The highest BCUT2D eigenvalue weighted by Crippen LogP contribution is 2.23. The van der Waals surface area contributed by atoms with Crippen molar-refractivity contribution in [3.8, 4) is 0 Å². The Morgan fingerprint density at radius 2 is 2.25 bits per heavy atom. The van der Waals surface area contributed by atoms with E-state index in [9.17, 15) is 4.39 Å². The lowest BCUT2D eigenvalue weighted by molar-refractivity contribution is 0.524. The molecule has 1 nitrogen and oxygen atoms in total. The Balaban J connectivity index is 2.73. The van der Waals surface area contributed by atoms with Gasteiger partial charge in [-0.3, -0.25) is 0 Å². The van der Waals surface area contributed by atoms with Crippen LogP contribution in [0, 0.1) is 5.82 Å². The molecule has 0 aliphatic rings. The lowest BCUT2D eigenvalue weighted by Gasteiger charge is -2.16. The van der Waals surface area contributed by atoms with Gasteiger partial charge in [-0.2, -0.15) is 0 Å². The van der Waals surface area contributed by atoms with Crippen LogP contribution in [-0.4, -0.2) is 7.05 Å². The van der Waals surface area contributed by atoms with E-state index in [4.69, 9.17) is 0 Å². The molecule has 0 aliphatic heterocycles. The molecular formula is C13H17BrFN. The second kappa shape index (κ2) is 6.81. The molecule has 1 N–H and O–H groups in total. The van der Waals surface area contributed by atoms with Crippen LogP contribution < -0.4 is 5.32 Å². The summed E-state index contributed by atoms with van der Waals surface area (Å²) >= 11 is 3.31. The summed E-state index contributed by atoms with van der Waals surface area (Å²) in [7, 11) is 1.90. The summed E-state index contributed by atoms with van der Waals surface area (Å²) in [6, 6.07) is 5.21. The summed E-state index contributed by atoms with van der Waals surface area (Å²) < 4.78 is 14.0. The first-order chi connectivity index (χ1) is 7.67. The molecule has 0 saturated carbocycles. The lowest BCUT2D eigenvalue weighted by atomic mass is 10.0. The summed E-state index contributed by atoms with van der Waals surface area (Å²) in [5.74, 6) is -0.201. The van der Waals surface area contributed by atoms with Crippen LogP contribution in [0.3, 0.4) is 0 Å². The van der Waals surface area contributed by atoms with Crippen LogP contribution in [-0.2, 0) is 0 Å². The zero-order chi connectivity index (χ0) is 12.0. The second-order valence-corrected chi connectivity index (χ2v) is 4.68. The third kappa shape index (κ3) is 4.06. The highest BCUT2D eigenvalue weighted by molar-refractivity contribution is 9.10. The molecule has 1 atom stereocenters. The number of unbranched alkanes of at least 4 members (excludes halogenated alkanes) is 1. The molecule has 16 heavy (non-hydrogen) atoms. The normalized spacial score (nSPS) is 12.4. The van der Waals surface area contributed by atoms with Crippen molar-refractivity contribution in [2.24, 2.45) is 0 Å². The van der Waals surface area contributed by atoms with Crippen LogP contribution in [0.25, 0.3) is 0 Å². The minimum Gasteiger partial charge on any atom is -0.313 e. The monoisotopic (exact) mass is 285 g/mol. The molecular weight excluding hydrogens is 269 g/mol. The van der Waals surface area contributed by atoms with Gasteiger partial charge in [-0.15, -0.1) is 6.58 Å². The van der Waals surface area contributed by atoms with Gasteiger partial charge < -0.3 is 5.32 Å². The van der Waals surface area contributed by atoms with Gasteiger partial charge in [0, 0.05) is 10.5 Å². The third-order valence-electron chi connectivity index (χ3n) is 2.54. The molecule has 0 aromatic heterocycles. The summed E-state index contributed by atoms with van der Waals surface area (Å²) in [4.78, 5) is 0. The summed E-state index contributed by atoms with van der Waals surface area (Å²) in [5.41, 5.74) is 0.985. The molecule has 0 amide bonds. The van der Waals surface area contributed by atoms with Crippen molar-refractivity contribution >= 4 is 15.9 Å². The van der Waals surface area contributed by atoms with Gasteiger partial charge in [0.05, 0.1) is 0 Å². The summed E-state index contributed by atoms with van der Waals surface area (Å²) in [6.45, 7) is 3.70. The first kappa shape index (κ1) is 13.4. The zero-order valence-electron chi connectivity index (χ0n) is 9.47. The quantitative estimate of drug-likeness (QED) is 0.610. The van der Waals surface area contributed by atoms with E-state index in [1.807, 2.05) is 19.2 Å². The average Bonchev–Trinajstić information content (AvgIpc) is 2.23. The third-order valence-corrected chi connectivity index (χ3v) is 2.99. The van der Waals surface area contributed by atoms with E-state index in [0.717, 1.165) is 29.3 Å². The van der Waals surface area contributed by atoms with Crippen molar-refractivity contribution in [2.75, 3.05) is 7.05 Å². The number of benzene rings is 1. The maximum Gasteiger partial charge on any atom is 0.124 e. The largest absolute Gasteiger partial charge is 0.313 e. The predicted octanol–water partition coefficient (Wildman–Crippen LogP) is 4.21. The number of rotatable bonds is 6. The number of hydrogen-bond donors (Lipinski definition) is 1. The molecule has 0 spiro atoms. The SMILES string of the molecule is C=CCCCC(NC)c1cc(F)cc(Br)c1. The minimum absolute atomic E-state index is 0.201. The molecule has 1 rings (SSSR count). The smallest absolute Gasteiger partial charge is 0.124 e. The van der Waals surface area contributed by atoms with Crippen LogP contribution in [0.4, 0.5) is 4.39 Å². The van der Waals surface area contributed by atoms with E-state index < -0.39 is 0 Å². The van der Waals surface area contributed by atoms with E-state index in [2.05, 4.69) is 27.8 Å². The minimum atomic E-state index is -0.201. The van der Waals surface area contributed by atoms with Crippen LogP contribution in [0.1, 0.15) is 30.9 Å². The van der Waals surface area contributed by atoms with Gasteiger partial charge in [-0.1, -0.05) is 22.0 Å². The zero-order valence-corrected chi connectivity index (χ0v) is 11.1. The maximum atomic E-state index is 13.2. The van der Waals surface area contributed by atoms with E-state index in [-0.39, 0.29) is 11.9 Å². The van der Waals surface area contributed by atoms with E-state index >= 15 is 0 Å². The Bertz CT molecular complexity index is 332. The Morgan fingerprint density at radius 3 is 2.81 bits per heavy atom. The fourth-order valence-corrected chi connectivity index (χ4v) is 2.20. The number of nitrogens with one attached hydrogen (secondary N) is 1. The first-order valence-corrected chi connectivity index (χ1v) is 6.21. The Hall–Kier alpha value is -0.670. The fraction of sp³-hybridized carbons (Fsp3) is 0.385. The van der Waals surface area contributed by atoms with Gasteiger partial charge in [0.1, 0.15) is 5.82 Å². The van der Waals surface area contributed by atoms with E-state index in [1.54, 1.807) is 6.07 Å². The molecule has 0 aliphatic carbocycles. The molecule has 0 bridgehead atoms. The van der Waals surface area contributed by atoms with Gasteiger partial charge in [0.25, 0.3) is 0 Å². The highest BCUT2D eigenvalue weighted by atomic mass is 79.9. The molecule has 1 aromatic carbocycles. The number of allylic oxidation sites excluding steroid dienone is 1. The second-order valence-electron chi connectivity index (χ2n) is 3.76. The molecule has 88 valence electrons. The fourth-order valence-electron chi connectivity index (χ4n) is 1.72. The van der Waals surface area contributed by atoms with E-state index in [0.29, 0.717) is 0 Å². The first-order valence-electron chi connectivity index (χ1n) is 5.41. The van der Waals surface area contributed by atoms with Crippen molar-refractivity contribution < 1.29 is 4.39 Å². The molecule has 0 radical (unpaired) electrons. The molecule has 0 fully saturated rings. The Morgan fingerprint density at radius 1 is 1.50 bits per heavy atom. The van der Waals surface area contributed by atoms with Gasteiger partial charge >= 0.3 is 0 Å². The van der Waals surface area contributed by atoms with Crippen LogP contribution in [0.2, 0.25) is 0 Å². The topological polar surface area (TPSA) is 12.0 Å². The summed E-state index contributed by atoms with van der Waals surface area (Å²) in [5, 5.41) is 3.21. The van der Waals surface area contributed by atoms with Crippen LogP contribution in [0.5, 0.6) is 0 Å². The van der Waals surface area contributed by atoms with E-state index in [1.165, 1.54) is 6.07 Å². The highest BCUT2D eigenvalue weighted by Gasteiger charge is 2.10. The van der Waals surface area contributed by atoms with Gasteiger partial charge in [0.15, 0.2) is 0 Å².